The summed E-state index contributed by atoms with van der Waals surface area (Å²) in [6.07, 6.45) is -1.02. The normalized spacial score (nSPS) is 29.8. The van der Waals surface area contributed by atoms with Crippen LogP contribution in [-0.2, 0) is 17.5 Å². The lowest BCUT2D eigenvalue weighted by molar-refractivity contribution is -0.138. The lowest BCUT2D eigenvalue weighted by Gasteiger charge is -2.39. The molecule has 0 aliphatic heterocycles. The van der Waals surface area contributed by atoms with Crippen LogP contribution in [0, 0.1) is 16.7 Å². The van der Waals surface area contributed by atoms with Gasteiger partial charge in [-0.05, 0) is 42.1 Å². The van der Waals surface area contributed by atoms with Crippen molar-refractivity contribution in [2.45, 2.75) is 58.8 Å². The Kier molecular flexibility index (Phi) is 4.45. The molecule has 2 bridgehead atoms. The quantitative estimate of drug-likeness (QED) is 0.852. The minimum atomic E-state index is -4.64. The van der Waals surface area contributed by atoms with Gasteiger partial charge in [-0.2, -0.15) is 13.2 Å². The second-order valence-corrected chi connectivity index (χ2v) is 8.65. The Balaban J connectivity index is 1.78. The molecule has 2 saturated carbocycles. The van der Waals surface area contributed by atoms with E-state index in [2.05, 4.69) is 26.1 Å². The summed E-state index contributed by atoms with van der Waals surface area (Å²) >= 11 is 5.62. The fraction of sp³-hybridized carbons (Fsp3) is 0.667. The maximum absolute atomic E-state index is 12.9. The number of halogens is 4. The lowest BCUT2D eigenvalue weighted by atomic mass is 9.69. The van der Waals surface area contributed by atoms with E-state index in [1.165, 1.54) is 0 Å². The molecule has 3 atom stereocenters. The highest BCUT2D eigenvalue weighted by atomic mass is 35.5. The molecule has 0 saturated heterocycles. The number of pyridine rings is 1. The molecule has 144 valence electrons. The SMILES string of the molecule is CC1(C)[C@H]2CC[C@@]1(C)[C@H](NC(=O)Cn1cc(C(F)(F)F)cc(Cl)c1=O)C2. The van der Waals surface area contributed by atoms with Crippen molar-refractivity contribution in [2.24, 2.45) is 16.7 Å². The topological polar surface area (TPSA) is 51.1 Å². The standard InChI is InChI=1S/C18H22ClF3N2O2/c1-16(2)10-4-5-17(16,3)13(7-10)23-14(25)9-24-8-11(18(20,21)22)6-12(19)15(24)26/h6,8,10,13H,4-5,7,9H2,1-3H3,(H,23,25)/t10-,13+,17-/m0/s1. The second kappa shape index (κ2) is 6.01. The summed E-state index contributed by atoms with van der Waals surface area (Å²) in [5.41, 5.74) is -1.82. The van der Waals surface area contributed by atoms with Crippen molar-refractivity contribution in [3.63, 3.8) is 0 Å². The first-order valence-corrected chi connectivity index (χ1v) is 9.00. The molecule has 0 aromatic carbocycles. The molecule has 0 radical (unpaired) electrons. The highest BCUT2D eigenvalue weighted by Crippen LogP contribution is 2.65. The largest absolute Gasteiger partial charge is 0.417 e. The number of alkyl halides is 3. The van der Waals surface area contributed by atoms with Crippen LogP contribution in [0.4, 0.5) is 13.2 Å². The van der Waals surface area contributed by atoms with Crippen molar-refractivity contribution in [1.29, 1.82) is 0 Å². The van der Waals surface area contributed by atoms with E-state index in [9.17, 15) is 22.8 Å². The first kappa shape index (κ1) is 19.3. The highest BCUT2D eigenvalue weighted by Gasteiger charge is 2.61. The summed E-state index contributed by atoms with van der Waals surface area (Å²) in [5, 5.41) is 2.38. The molecule has 4 nitrogen and oxygen atoms in total. The minimum absolute atomic E-state index is 0.0410. The van der Waals surface area contributed by atoms with Crippen LogP contribution in [0.15, 0.2) is 17.1 Å². The molecule has 2 aliphatic carbocycles. The molecule has 2 aliphatic rings. The van der Waals surface area contributed by atoms with Crippen LogP contribution < -0.4 is 10.9 Å². The van der Waals surface area contributed by atoms with Gasteiger partial charge in [-0.3, -0.25) is 9.59 Å². The molecule has 1 amide bonds. The Morgan fingerprint density at radius 2 is 2.04 bits per heavy atom. The van der Waals surface area contributed by atoms with Crippen molar-refractivity contribution in [3.05, 3.63) is 33.2 Å². The number of rotatable bonds is 3. The summed E-state index contributed by atoms with van der Waals surface area (Å²) < 4.78 is 39.4. The Morgan fingerprint density at radius 1 is 1.38 bits per heavy atom. The van der Waals surface area contributed by atoms with Crippen LogP contribution in [-0.4, -0.2) is 16.5 Å². The van der Waals surface area contributed by atoms with E-state index in [0.29, 0.717) is 18.2 Å². The fourth-order valence-electron chi connectivity index (χ4n) is 4.69. The third-order valence-corrected chi connectivity index (χ3v) is 7.08. The summed E-state index contributed by atoms with van der Waals surface area (Å²) in [5.74, 6) is 0.0422. The van der Waals surface area contributed by atoms with Crippen LogP contribution in [0.1, 0.15) is 45.6 Å². The summed E-state index contributed by atoms with van der Waals surface area (Å²) in [7, 11) is 0. The van der Waals surface area contributed by atoms with Crippen molar-refractivity contribution in [3.8, 4) is 0 Å². The summed E-state index contributed by atoms with van der Waals surface area (Å²) in [6, 6.07) is 0.540. The van der Waals surface area contributed by atoms with Crippen LogP contribution in [0.5, 0.6) is 0 Å². The number of nitrogens with one attached hydrogen (secondary N) is 1. The predicted octanol–water partition coefficient (Wildman–Crippen LogP) is 3.85. The number of fused-ring (bicyclic) bond motifs is 2. The van der Waals surface area contributed by atoms with Gasteiger partial charge in [0.2, 0.25) is 5.91 Å². The first-order chi connectivity index (χ1) is 11.9. The predicted molar refractivity (Wildman–Crippen MR) is 91.9 cm³/mol. The second-order valence-electron chi connectivity index (χ2n) is 8.24. The maximum Gasteiger partial charge on any atom is 0.417 e. The van der Waals surface area contributed by atoms with Crippen LogP contribution in [0.3, 0.4) is 0 Å². The Labute approximate surface area is 154 Å². The molecule has 2 fully saturated rings. The number of nitrogens with zero attached hydrogens (tertiary/aromatic N) is 1. The number of amides is 1. The van der Waals surface area contributed by atoms with Gasteiger partial charge in [-0.1, -0.05) is 32.4 Å². The molecule has 1 aromatic heterocycles. The van der Waals surface area contributed by atoms with Gasteiger partial charge in [-0.25, -0.2) is 0 Å². The summed E-state index contributed by atoms with van der Waals surface area (Å²) in [4.78, 5) is 24.4. The molecule has 0 spiro atoms. The molecule has 1 N–H and O–H groups in total. The summed E-state index contributed by atoms with van der Waals surface area (Å²) in [6.45, 7) is 6.07. The molecule has 1 heterocycles. The van der Waals surface area contributed by atoms with E-state index in [1.54, 1.807) is 0 Å². The number of hydrogen-bond acceptors (Lipinski definition) is 2. The zero-order valence-corrected chi connectivity index (χ0v) is 15.7. The van der Waals surface area contributed by atoms with Gasteiger partial charge in [-0.15, -0.1) is 0 Å². The van der Waals surface area contributed by atoms with E-state index in [0.717, 1.165) is 23.8 Å². The number of carbonyl (C=O) groups is 1. The monoisotopic (exact) mass is 390 g/mol. The molecule has 8 heteroatoms. The van der Waals surface area contributed by atoms with Crippen LogP contribution >= 0.6 is 11.6 Å². The van der Waals surface area contributed by atoms with Crippen LogP contribution in [0.2, 0.25) is 5.02 Å². The smallest absolute Gasteiger partial charge is 0.351 e. The lowest BCUT2D eigenvalue weighted by Crippen LogP contribution is -2.48. The molecular formula is C18H22ClF3N2O2. The van der Waals surface area contributed by atoms with Gasteiger partial charge in [0.15, 0.2) is 0 Å². The molecule has 0 unspecified atom stereocenters. The van der Waals surface area contributed by atoms with Gasteiger partial charge in [0.1, 0.15) is 11.6 Å². The zero-order valence-electron chi connectivity index (χ0n) is 14.9. The molecule has 3 rings (SSSR count). The fourth-order valence-corrected chi connectivity index (χ4v) is 4.91. The van der Waals surface area contributed by atoms with E-state index >= 15 is 0 Å². The Bertz CT molecular complexity index is 803. The third kappa shape index (κ3) is 2.94. The van der Waals surface area contributed by atoms with Gasteiger partial charge < -0.3 is 9.88 Å². The van der Waals surface area contributed by atoms with E-state index in [4.69, 9.17) is 11.6 Å². The van der Waals surface area contributed by atoms with Crippen molar-refractivity contribution >= 4 is 17.5 Å². The molecular weight excluding hydrogens is 369 g/mol. The van der Waals surface area contributed by atoms with Gasteiger partial charge in [0.05, 0.1) is 5.56 Å². The Morgan fingerprint density at radius 3 is 2.54 bits per heavy atom. The van der Waals surface area contributed by atoms with Gasteiger partial charge in [0.25, 0.3) is 5.56 Å². The number of aromatic nitrogens is 1. The van der Waals surface area contributed by atoms with Gasteiger partial charge in [0, 0.05) is 12.2 Å². The highest BCUT2D eigenvalue weighted by molar-refractivity contribution is 6.30. The van der Waals surface area contributed by atoms with Crippen molar-refractivity contribution in [2.75, 3.05) is 0 Å². The molecule has 1 aromatic rings. The van der Waals surface area contributed by atoms with Gasteiger partial charge >= 0.3 is 6.18 Å². The Hall–Kier alpha value is -1.50. The third-order valence-electron chi connectivity index (χ3n) is 6.81. The van der Waals surface area contributed by atoms with E-state index in [1.807, 2.05) is 0 Å². The van der Waals surface area contributed by atoms with Crippen LogP contribution in [0.25, 0.3) is 0 Å². The van der Waals surface area contributed by atoms with Crippen molar-refractivity contribution in [1.82, 2.24) is 9.88 Å². The average Bonchev–Trinajstić information content (AvgIpc) is 2.84. The average molecular weight is 391 g/mol. The maximum atomic E-state index is 12.9. The molecule has 26 heavy (non-hydrogen) atoms. The van der Waals surface area contributed by atoms with Crippen molar-refractivity contribution < 1.29 is 18.0 Å². The number of carbonyl (C=O) groups excluding carboxylic acids is 1. The minimum Gasteiger partial charge on any atom is -0.351 e. The first-order valence-electron chi connectivity index (χ1n) is 8.63. The number of hydrogen-bond donors (Lipinski definition) is 1. The van der Waals surface area contributed by atoms with E-state index in [-0.39, 0.29) is 16.9 Å². The zero-order chi connectivity index (χ0) is 19.5. The van der Waals surface area contributed by atoms with E-state index < -0.39 is 34.8 Å².